The molecule has 45 heavy (non-hydrogen) atoms. The van der Waals surface area contributed by atoms with Gasteiger partial charge in [0, 0.05) is 38.6 Å². The molecule has 3 aliphatic rings. The van der Waals surface area contributed by atoms with E-state index in [1.807, 2.05) is 6.92 Å². The number of nitrogens with zero attached hydrogens (tertiary/aromatic N) is 2. The highest BCUT2D eigenvalue weighted by Crippen LogP contribution is 2.41. The topological polar surface area (TPSA) is 35.6 Å². The van der Waals surface area contributed by atoms with Gasteiger partial charge in [0.15, 0.2) is 5.78 Å². The lowest BCUT2D eigenvalue weighted by Gasteiger charge is -2.42. The maximum atomic E-state index is 13.7. The van der Waals surface area contributed by atoms with Crippen LogP contribution in [0.4, 0.5) is 26.3 Å². The van der Waals surface area contributed by atoms with E-state index in [0.29, 0.717) is 31.1 Å². The van der Waals surface area contributed by atoms with Crippen molar-refractivity contribution < 1.29 is 31.1 Å². The van der Waals surface area contributed by atoms with E-state index in [0.717, 1.165) is 63.1 Å². The second-order valence-electron chi connectivity index (χ2n) is 13.4. The summed E-state index contributed by atoms with van der Waals surface area (Å²) >= 11 is 0. The lowest BCUT2D eigenvalue weighted by molar-refractivity contribution is -0.143. The minimum atomic E-state index is -4.96. The third-order valence-corrected chi connectivity index (χ3v) is 10.3. The lowest BCUT2D eigenvalue weighted by Crippen LogP contribution is -2.51. The van der Waals surface area contributed by atoms with Crippen molar-refractivity contribution in [3.05, 3.63) is 70.3 Å². The van der Waals surface area contributed by atoms with Crippen LogP contribution in [0, 0.1) is 6.92 Å². The second kappa shape index (κ2) is 14.1. The summed E-state index contributed by atoms with van der Waals surface area (Å²) in [6, 6.07) is 9.83. The van der Waals surface area contributed by atoms with E-state index in [-0.39, 0.29) is 22.8 Å². The number of Topliss-reactive ketones (excluding diaryl/α,β-unsaturated/α-hetero) is 1. The van der Waals surface area contributed by atoms with Crippen LogP contribution < -0.4 is 5.32 Å². The Hall–Kier alpha value is -2.43. The van der Waals surface area contributed by atoms with Crippen molar-refractivity contribution in [2.75, 3.05) is 39.3 Å². The molecule has 2 unspecified atom stereocenters. The number of nitrogens with one attached hydrogen (secondary N) is 1. The Morgan fingerprint density at radius 2 is 1.49 bits per heavy atom. The first-order valence-corrected chi connectivity index (χ1v) is 16.4. The molecule has 2 heterocycles. The first-order valence-electron chi connectivity index (χ1n) is 16.4. The average molecular weight is 638 g/mol. The maximum Gasteiger partial charge on any atom is 0.416 e. The van der Waals surface area contributed by atoms with Crippen LogP contribution in [-0.4, -0.2) is 66.9 Å². The molecule has 1 saturated carbocycles. The molecule has 0 radical (unpaired) electrons. The maximum absolute atomic E-state index is 13.7. The molecule has 2 aromatic carbocycles. The Morgan fingerprint density at radius 1 is 0.867 bits per heavy atom. The van der Waals surface area contributed by atoms with Crippen molar-refractivity contribution >= 4 is 5.78 Å². The zero-order valence-electron chi connectivity index (χ0n) is 26.1. The molecule has 0 amide bonds. The first-order chi connectivity index (χ1) is 21.3. The van der Waals surface area contributed by atoms with Crippen LogP contribution in [0.15, 0.2) is 42.5 Å². The van der Waals surface area contributed by atoms with Crippen molar-refractivity contribution in [3.63, 3.8) is 0 Å². The zero-order valence-corrected chi connectivity index (χ0v) is 26.1. The minimum Gasteiger partial charge on any atom is -0.307 e. The summed E-state index contributed by atoms with van der Waals surface area (Å²) in [5, 5.41) is 3.29. The monoisotopic (exact) mass is 637 g/mol. The molecule has 0 bridgehead atoms. The SMILES string of the molecule is Cc1ccc(C2(CCN3CCN(C4CCCCC4)CC3)CCCNC(C(=O)Cc3cc(C(F)(F)F)cc(C(F)(F)F)c3)C2)cc1. The van der Waals surface area contributed by atoms with Crippen LogP contribution in [0.25, 0.3) is 0 Å². The highest BCUT2D eigenvalue weighted by molar-refractivity contribution is 5.86. The normalized spacial score (nSPS) is 24.8. The third-order valence-electron chi connectivity index (χ3n) is 10.3. The van der Waals surface area contributed by atoms with E-state index in [9.17, 15) is 31.1 Å². The molecule has 4 nitrogen and oxygen atoms in total. The molecule has 10 heteroatoms. The summed E-state index contributed by atoms with van der Waals surface area (Å²) < 4.78 is 80.9. The van der Waals surface area contributed by atoms with Crippen molar-refractivity contribution in [1.29, 1.82) is 0 Å². The summed E-state index contributed by atoms with van der Waals surface area (Å²) in [6.45, 7) is 7.56. The number of alkyl halides is 6. The third kappa shape index (κ3) is 8.69. The molecule has 3 fully saturated rings. The Balaban J connectivity index is 1.33. The summed E-state index contributed by atoms with van der Waals surface area (Å²) in [5.74, 6) is -0.387. The van der Waals surface area contributed by atoms with E-state index in [4.69, 9.17) is 0 Å². The van der Waals surface area contributed by atoms with Crippen LogP contribution in [0.2, 0.25) is 0 Å². The number of aryl methyl sites for hydroxylation is 1. The molecular formula is C35H45F6N3O. The lowest BCUT2D eigenvalue weighted by atomic mass is 9.69. The standard InChI is InChI=1S/C35H45F6N3O/c1-25-8-10-27(11-9-25)33(13-15-43-16-18-44(19-17-43)30-6-3-2-4-7-30)12-5-14-42-31(24-33)32(45)22-26-20-28(34(36,37)38)23-29(21-26)35(39,40)41/h8-11,20-21,23,30-31,42H,2-7,12-19,22,24H2,1H3. The summed E-state index contributed by atoms with van der Waals surface area (Å²) in [6.07, 6.45) is -0.940. The summed E-state index contributed by atoms with van der Waals surface area (Å²) in [7, 11) is 0. The van der Waals surface area contributed by atoms with Gasteiger partial charge < -0.3 is 10.2 Å². The Morgan fingerprint density at radius 3 is 2.09 bits per heavy atom. The largest absolute Gasteiger partial charge is 0.416 e. The number of benzene rings is 2. The number of carbonyl (C=O) groups excluding carboxylic acids is 1. The van der Waals surface area contributed by atoms with Gasteiger partial charge in [-0.15, -0.1) is 0 Å². The van der Waals surface area contributed by atoms with Gasteiger partial charge in [0.1, 0.15) is 0 Å². The number of hydrogen-bond donors (Lipinski definition) is 1. The Bertz CT molecular complexity index is 1250. The van der Waals surface area contributed by atoms with E-state index in [1.54, 1.807) is 0 Å². The Kier molecular flexibility index (Phi) is 10.7. The molecule has 2 saturated heterocycles. The molecule has 5 rings (SSSR count). The highest BCUT2D eigenvalue weighted by Gasteiger charge is 2.40. The van der Waals surface area contributed by atoms with Crippen LogP contribution in [0.5, 0.6) is 0 Å². The molecular weight excluding hydrogens is 592 g/mol. The second-order valence-corrected chi connectivity index (χ2v) is 13.4. The van der Waals surface area contributed by atoms with Crippen LogP contribution in [0.3, 0.4) is 0 Å². The predicted octanol–water partition coefficient (Wildman–Crippen LogP) is 7.56. The smallest absolute Gasteiger partial charge is 0.307 e. The van der Waals surface area contributed by atoms with Crippen LogP contribution >= 0.6 is 0 Å². The quantitative estimate of drug-likeness (QED) is 0.303. The average Bonchev–Trinajstić information content (AvgIpc) is 3.24. The van der Waals surface area contributed by atoms with Gasteiger partial charge in [0.2, 0.25) is 0 Å². The molecule has 1 aliphatic carbocycles. The van der Waals surface area contributed by atoms with Crippen molar-refractivity contribution in [3.8, 4) is 0 Å². The van der Waals surface area contributed by atoms with Gasteiger partial charge in [0.25, 0.3) is 0 Å². The summed E-state index contributed by atoms with van der Waals surface area (Å²) in [5.41, 5.74) is -1.16. The van der Waals surface area contributed by atoms with Crippen LogP contribution in [-0.2, 0) is 29.0 Å². The van der Waals surface area contributed by atoms with E-state index < -0.39 is 35.9 Å². The molecule has 2 atom stereocenters. The van der Waals surface area contributed by atoms with Crippen molar-refractivity contribution in [2.24, 2.45) is 0 Å². The number of hydrogen-bond acceptors (Lipinski definition) is 4. The van der Waals surface area contributed by atoms with Gasteiger partial charge in [-0.25, -0.2) is 0 Å². The fourth-order valence-corrected chi connectivity index (χ4v) is 7.65. The van der Waals surface area contributed by atoms with Gasteiger partial charge in [-0.1, -0.05) is 49.1 Å². The zero-order chi connectivity index (χ0) is 32.2. The molecule has 0 spiro atoms. The number of rotatable bonds is 8. The van der Waals surface area contributed by atoms with E-state index >= 15 is 0 Å². The molecule has 2 aromatic rings. The van der Waals surface area contributed by atoms with Gasteiger partial charge in [0.05, 0.1) is 17.2 Å². The highest BCUT2D eigenvalue weighted by atomic mass is 19.4. The molecule has 248 valence electrons. The fraction of sp³-hybridized carbons (Fsp3) is 0.629. The number of piperazine rings is 1. The minimum absolute atomic E-state index is 0.106. The predicted molar refractivity (Wildman–Crippen MR) is 163 cm³/mol. The number of ketones is 1. The van der Waals surface area contributed by atoms with Gasteiger partial charge >= 0.3 is 12.4 Å². The summed E-state index contributed by atoms with van der Waals surface area (Å²) in [4.78, 5) is 18.8. The van der Waals surface area contributed by atoms with E-state index in [2.05, 4.69) is 39.4 Å². The van der Waals surface area contributed by atoms with Crippen LogP contribution in [0.1, 0.15) is 85.6 Å². The molecule has 0 aromatic heterocycles. The number of halogens is 6. The number of carbonyl (C=O) groups is 1. The van der Waals surface area contributed by atoms with E-state index in [1.165, 1.54) is 32.1 Å². The molecule has 2 aliphatic heterocycles. The Labute approximate surface area is 262 Å². The van der Waals surface area contributed by atoms with Crippen molar-refractivity contribution in [2.45, 2.75) is 101 Å². The van der Waals surface area contributed by atoms with Crippen molar-refractivity contribution in [1.82, 2.24) is 15.1 Å². The molecule has 1 N–H and O–H groups in total. The van der Waals surface area contributed by atoms with Gasteiger partial charge in [-0.05, 0) is 93.3 Å². The van der Waals surface area contributed by atoms with Gasteiger partial charge in [-0.2, -0.15) is 26.3 Å². The fourth-order valence-electron chi connectivity index (χ4n) is 7.65. The van der Waals surface area contributed by atoms with Gasteiger partial charge in [-0.3, -0.25) is 9.69 Å². The first kappa shape index (κ1) is 33.9.